The molecule has 0 bridgehead atoms. The smallest absolute Gasteiger partial charge is 0.315 e. The van der Waals surface area contributed by atoms with Gasteiger partial charge in [-0.3, -0.25) is 14.4 Å². The number of fused-ring (bicyclic) bond motifs is 1. The lowest BCUT2D eigenvalue weighted by Gasteiger charge is -2.32. The van der Waals surface area contributed by atoms with Gasteiger partial charge in [0.2, 0.25) is 11.7 Å². The van der Waals surface area contributed by atoms with Crippen LogP contribution in [0.25, 0.3) is 11.0 Å². The molecule has 0 spiro atoms. The van der Waals surface area contributed by atoms with E-state index >= 15 is 0 Å². The predicted octanol–water partition coefficient (Wildman–Crippen LogP) is 2.06. The van der Waals surface area contributed by atoms with E-state index in [0.717, 1.165) is 22.2 Å². The SMILES string of the molecule is CCC(NC(=O)[C@@]([Si])(CC(C)C)NC(=O)NCc1ccccc1)C(=O)C(=O)NCc1ccc2c(c1)ncn2C. The summed E-state index contributed by atoms with van der Waals surface area (Å²) in [6.07, 6.45) is 2.15. The van der Waals surface area contributed by atoms with Gasteiger partial charge in [0, 0.05) is 20.1 Å². The maximum Gasteiger partial charge on any atom is 0.315 e. The molecule has 1 aromatic heterocycles. The fraction of sp³-hybridized carbons (Fsp3) is 0.393. The number of imidazole rings is 1. The number of aromatic nitrogens is 2. The van der Waals surface area contributed by atoms with Crippen LogP contribution in [0.5, 0.6) is 0 Å². The highest BCUT2D eigenvalue weighted by Gasteiger charge is 2.38. The molecule has 0 aliphatic rings. The van der Waals surface area contributed by atoms with Crippen LogP contribution in [0.2, 0.25) is 0 Å². The Bertz CT molecular complexity index is 1330. The van der Waals surface area contributed by atoms with Crippen LogP contribution < -0.4 is 21.3 Å². The molecule has 0 saturated carbocycles. The Morgan fingerprint density at radius 2 is 1.69 bits per heavy atom. The van der Waals surface area contributed by atoms with Gasteiger partial charge in [0.1, 0.15) is 5.16 Å². The van der Waals surface area contributed by atoms with Crippen molar-refractivity contribution in [1.82, 2.24) is 30.8 Å². The molecule has 4 amide bonds. The minimum Gasteiger partial charge on any atom is -0.345 e. The predicted molar refractivity (Wildman–Crippen MR) is 150 cm³/mol. The summed E-state index contributed by atoms with van der Waals surface area (Å²) in [6.45, 7) is 5.93. The van der Waals surface area contributed by atoms with Gasteiger partial charge in [0.05, 0.1) is 33.6 Å². The third kappa shape index (κ3) is 8.00. The lowest BCUT2D eigenvalue weighted by Crippen LogP contribution is -2.64. The maximum atomic E-state index is 13.3. The summed E-state index contributed by atoms with van der Waals surface area (Å²) >= 11 is 0. The van der Waals surface area contributed by atoms with E-state index in [1.54, 1.807) is 13.3 Å². The lowest BCUT2D eigenvalue weighted by atomic mass is 10.0. The summed E-state index contributed by atoms with van der Waals surface area (Å²) in [5.74, 6) is -2.16. The normalized spacial score (nSPS) is 13.4. The van der Waals surface area contributed by atoms with Gasteiger partial charge in [0.15, 0.2) is 0 Å². The molecular weight excluding hydrogens is 512 g/mol. The first kappa shape index (κ1) is 29.6. The topological polar surface area (TPSA) is 134 Å². The molecular formula is C28H35N6O4Si. The molecule has 205 valence electrons. The van der Waals surface area contributed by atoms with Gasteiger partial charge in [-0.15, -0.1) is 0 Å². The number of carbonyl (C=O) groups is 4. The summed E-state index contributed by atoms with van der Waals surface area (Å²) in [4.78, 5) is 55.9. The van der Waals surface area contributed by atoms with Crippen molar-refractivity contribution in [2.75, 3.05) is 0 Å². The van der Waals surface area contributed by atoms with Crippen molar-refractivity contribution in [3.63, 3.8) is 0 Å². The molecule has 0 aliphatic heterocycles. The fourth-order valence-electron chi connectivity index (χ4n) is 4.18. The third-order valence-electron chi connectivity index (χ3n) is 6.22. The van der Waals surface area contributed by atoms with Gasteiger partial charge >= 0.3 is 6.03 Å². The molecule has 4 N–H and O–H groups in total. The van der Waals surface area contributed by atoms with E-state index < -0.39 is 34.8 Å². The number of ketones is 1. The summed E-state index contributed by atoms with van der Waals surface area (Å²) in [7, 11) is 5.36. The number of hydrogen-bond acceptors (Lipinski definition) is 5. The Hall–Kier alpha value is -3.99. The van der Waals surface area contributed by atoms with Crippen molar-refractivity contribution in [2.24, 2.45) is 13.0 Å². The van der Waals surface area contributed by atoms with Crippen LogP contribution >= 0.6 is 0 Å². The number of aryl methyl sites for hydroxylation is 1. The Morgan fingerprint density at radius 3 is 2.36 bits per heavy atom. The number of benzene rings is 2. The highest BCUT2D eigenvalue weighted by Crippen LogP contribution is 2.16. The zero-order chi connectivity index (χ0) is 28.6. The number of nitrogens with zero attached hydrogens (tertiary/aromatic N) is 2. The Balaban J connectivity index is 1.60. The summed E-state index contributed by atoms with van der Waals surface area (Å²) in [6, 6.07) is 13.4. The highest BCUT2D eigenvalue weighted by molar-refractivity contribution is 6.39. The second kappa shape index (κ2) is 13.2. The summed E-state index contributed by atoms with van der Waals surface area (Å²) in [5.41, 5.74) is 3.44. The molecule has 39 heavy (non-hydrogen) atoms. The lowest BCUT2D eigenvalue weighted by molar-refractivity contribution is -0.140. The molecule has 0 fully saturated rings. The van der Waals surface area contributed by atoms with Crippen molar-refractivity contribution < 1.29 is 19.2 Å². The van der Waals surface area contributed by atoms with Crippen molar-refractivity contribution in [1.29, 1.82) is 0 Å². The second-order valence-corrected chi connectivity index (χ2v) is 10.8. The number of carbonyl (C=O) groups excluding carboxylic acids is 4. The molecule has 0 saturated heterocycles. The van der Waals surface area contributed by atoms with E-state index in [9.17, 15) is 19.2 Å². The van der Waals surface area contributed by atoms with Crippen molar-refractivity contribution in [3.8, 4) is 0 Å². The molecule has 3 aromatic rings. The van der Waals surface area contributed by atoms with E-state index in [-0.39, 0.29) is 31.8 Å². The minimum absolute atomic E-state index is 0.0261. The molecule has 1 heterocycles. The first-order valence-corrected chi connectivity index (χ1v) is 13.4. The average molecular weight is 548 g/mol. The molecule has 3 radical (unpaired) electrons. The van der Waals surface area contributed by atoms with Crippen LogP contribution in [0.1, 0.15) is 44.7 Å². The van der Waals surface area contributed by atoms with Crippen molar-refractivity contribution in [2.45, 2.75) is 57.9 Å². The van der Waals surface area contributed by atoms with Gasteiger partial charge in [-0.1, -0.05) is 57.2 Å². The molecule has 3 rings (SSSR count). The van der Waals surface area contributed by atoms with Gasteiger partial charge in [-0.25, -0.2) is 9.78 Å². The molecule has 2 aromatic carbocycles. The Kier molecular flexibility index (Phi) is 9.99. The van der Waals surface area contributed by atoms with E-state index in [1.807, 2.05) is 74.0 Å². The zero-order valence-electron chi connectivity index (χ0n) is 22.7. The largest absolute Gasteiger partial charge is 0.345 e. The zero-order valence-corrected chi connectivity index (χ0v) is 23.7. The van der Waals surface area contributed by atoms with E-state index in [1.165, 1.54) is 0 Å². The number of urea groups is 1. The summed E-state index contributed by atoms with van der Waals surface area (Å²) in [5, 5.41) is 9.21. The van der Waals surface area contributed by atoms with Crippen LogP contribution in [0.15, 0.2) is 54.9 Å². The van der Waals surface area contributed by atoms with Gasteiger partial charge < -0.3 is 25.8 Å². The monoisotopic (exact) mass is 547 g/mol. The summed E-state index contributed by atoms with van der Waals surface area (Å²) < 4.78 is 1.89. The minimum atomic E-state index is -1.49. The molecule has 1 unspecified atom stereocenters. The molecule has 2 atom stereocenters. The molecule has 0 aliphatic carbocycles. The van der Waals surface area contributed by atoms with Gasteiger partial charge in [0.25, 0.3) is 5.91 Å². The fourth-order valence-corrected chi connectivity index (χ4v) is 4.78. The maximum absolute atomic E-state index is 13.3. The molecule has 10 nitrogen and oxygen atoms in total. The van der Waals surface area contributed by atoms with Crippen molar-refractivity contribution >= 4 is 44.9 Å². The highest BCUT2D eigenvalue weighted by atomic mass is 28.1. The quantitative estimate of drug-likeness (QED) is 0.203. The number of hydrogen-bond donors (Lipinski definition) is 4. The first-order chi connectivity index (χ1) is 18.5. The van der Waals surface area contributed by atoms with Crippen LogP contribution in [-0.2, 0) is 34.5 Å². The number of rotatable bonds is 12. The van der Waals surface area contributed by atoms with E-state index in [2.05, 4.69) is 36.5 Å². The van der Waals surface area contributed by atoms with Gasteiger partial charge in [-0.2, -0.15) is 0 Å². The Morgan fingerprint density at radius 1 is 1.00 bits per heavy atom. The second-order valence-electron chi connectivity index (χ2n) is 9.96. The third-order valence-corrected chi connectivity index (χ3v) is 6.78. The molecule has 11 heteroatoms. The average Bonchev–Trinajstić information content (AvgIpc) is 3.28. The number of Topliss-reactive ketones (excluding diaryl/α,β-unsaturated/α-hetero) is 1. The number of amides is 4. The standard InChI is InChI=1S/C28H35N6O4Si/c1-5-21(24(35)25(36)29-16-20-11-12-23-22(13-20)31-17-34(23)4)32-26(37)28(39,14-18(2)3)33-27(38)30-15-19-9-7-6-8-10-19/h6-13,17-18,21H,5,14-16H2,1-4H3,(H,29,36)(H,32,37)(H2,30,33,38)/t21?,28-/m0/s1. The van der Waals surface area contributed by atoms with Crippen molar-refractivity contribution in [3.05, 3.63) is 66.0 Å². The van der Waals surface area contributed by atoms with Crippen LogP contribution in [0, 0.1) is 5.92 Å². The van der Waals surface area contributed by atoms with Crippen LogP contribution in [0.3, 0.4) is 0 Å². The number of nitrogens with one attached hydrogen (secondary N) is 4. The van der Waals surface area contributed by atoms with E-state index in [4.69, 9.17) is 0 Å². The van der Waals surface area contributed by atoms with Gasteiger partial charge in [-0.05, 0) is 42.0 Å². The Labute approximate surface area is 231 Å². The van der Waals surface area contributed by atoms with Crippen LogP contribution in [-0.4, -0.2) is 54.6 Å². The first-order valence-electron chi connectivity index (χ1n) is 12.9. The van der Waals surface area contributed by atoms with E-state index in [0.29, 0.717) is 0 Å². The van der Waals surface area contributed by atoms with Crippen LogP contribution in [0.4, 0.5) is 4.79 Å².